The predicted octanol–water partition coefficient (Wildman–Crippen LogP) is 0.728. The fraction of sp³-hybridized carbons (Fsp3) is 0.769. The lowest BCUT2D eigenvalue weighted by Gasteiger charge is -2.16. The summed E-state index contributed by atoms with van der Waals surface area (Å²) in [5.74, 6) is 0.165. The Balaban J connectivity index is 1.63. The van der Waals surface area contributed by atoms with Crippen molar-refractivity contribution in [2.75, 3.05) is 20.1 Å². The van der Waals surface area contributed by atoms with Gasteiger partial charge in [0.15, 0.2) is 0 Å². The third-order valence-electron chi connectivity index (χ3n) is 3.62. The molecule has 0 radical (unpaired) electrons. The number of likely N-dealkylation sites (tertiary alicyclic amines) is 1. The zero-order valence-electron chi connectivity index (χ0n) is 11.6. The third kappa shape index (κ3) is 4.98. The Morgan fingerprint density at radius 1 is 1.53 bits per heavy atom. The minimum atomic E-state index is 0.165. The average Bonchev–Trinajstić information content (AvgIpc) is 2.81. The van der Waals surface area contributed by atoms with E-state index in [0.717, 1.165) is 44.5 Å². The molecule has 1 saturated heterocycles. The van der Waals surface area contributed by atoms with Crippen LogP contribution < -0.4 is 5.32 Å². The van der Waals surface area contributed by atoms with E-state index in [2.05, 4.69) is 32.7 Å². The van der Waals surface area contributed by atoms with Gasteiger partial charge in [-0.2, -0.15) is 0 Å². The zero-order valence-corrected chi connectivity index (χ0v) is 11.6. The van der Waals surface area contributed by atoms with E-state index in [4.69, 9.17) is 0 Å². The molecule has 106 valence electrons. The van der Waals surface area contributed by atoms with Crippen molar-refractivity contribution in [3.05, 3.63) is 11.9 Å². The Hall–Kier alpha value is -1.43. The third-order valence-corrected chi connectivity index (χ3v) is 3.62. The smallest absolute Gasteiger partial charge is 0.220 e. The van der Waals surface area contributed by atoms with Gasteiger partial charge in [0.1, 0.15) is 0 Å². The van der Waals surface area contributed by atoms with Gasteiger partial charge in [-0.05, 0) is 52.2 Å². The SMILES string of the molecule is CN1CCCC(NC(=O)CCCc2c[nH]nn2)CC1. The van der Waals surface area contributed by atoms with Gasteiger partial charge < -0.3 is 10.2 Å². The highest BCUT2D eigenvalue weighted by Gasteiger charge is 2.16. The highest BCUT2D eigenvalue weighted by molar-refractivity contribution is 5.76. The Labute approximate surface area is 113 Å². The van der Waals surface area contributed by atoms with Gasteiger partial charge in [-0.25, -0.2) is 0 Å². The molecule has 1 aromatic rings. The standard InChI is InChI=1S/C13H23N5O/c1-18-8-3-5-11(7-9-18)15-13(19)6-2-4-12-10-14-17-16-12/h10-11H,2-9H2,1H3,(H,15,19)(H,14,16,17). The lowest BCUT2D eigenvalue weighted by molar-refractivity contribution is -0.121. The van der Waals surface area contributed by atoms with E-state index in [-0.39, 0.29) is 5.91 Å². The van der Waals surface area contributed by atoms with Gasteiger partial charge in [0.25, 0.3) is 0 Å². The van der Waals surface area contributed by atoms with Crippen LogP contribution in [0.15, 0.2) is 6.20 Å². The molecule has 1 aromatic heterocycles. The molecule has 0 bridgehead atoms. The lowest BCUT2D eigenvalue weighted by Crippen LogP contribution is -2.35. The molecule has 0 aliphatic carbocycles. The van der Waals surface area contributed by atoms with Crippen LogP contribution in [0.5, 0.6) is 0 Å². The highest BCUT2D eigenvalue weighted by atomic mass is 16.1. The van der Waals surface area contributed by atoms with Crippen molar-refractivity contribution >= 4 is 5.91 Å². The number of aromatic amines is 1. The van der Waals surface area contributed by atoms with Crippen LogP contribution in [0.1, 0.15) is 37.8 Å². The van der Waals surface area contributed by atoms with Crippen LogP contribution in [0.25, 0.3) is 0 Å². The monoisotopic (exact) mass is 265 g/mol. The first kappa shape index (κ1) is 14.0. The molecule has 2 heterocycles. The zero-order chi connectivity index (χ0) is 13.5. The Kier molecular flexibility index (Phi) is 5.32. The highest BCUT2D eigenvalue weighted by Crippen LogP contribution is 2.10. The van der Waals surface area contributed by atoms with E-state index in [1.165, 1.54) is 6.42 Å². The van der Waals surface area contributed by atoms with Crippen LogP contribution in [0.4, 0.5) is 0 Å². The number of nitrogens with zero attached hydrogens (tertiary/aromatic N) is 3. The van der Waals surface area contributed by atoms with Gasteiger partial charge in [0.2, 0.25) is 5.91 Å². The van der Waals surface area contributed by atoms with Gasteiger partial charge in [-0.3, -0.25) is 9.89 Å². The summed E-state index contributed by atoms with van der Waals surface area (Å²) in [6, 6.07) is 0.351. The van der Waals surface area contributed by atoms with Crippen LogP contribution >= 0.6 is 0 Å². The van der Waals surface area contributed by atoms with E-state index >= 15 is 0 Å². The fourth-order valence-corrected chi connectivity index (χ4v) is 2.46. The number of hydrogen-bond acceptors (Lipinski definition) is 4. The number of amides is 1. The maximum Gasteiger partial charge on any atom is 0.220 e. The van der Waals surface area contributed by atoms with Crippen molar-refractivity contribution in [1.29, 1.82) is 0 Å². The van der Waals surface area contributed by atoms with Gasteiger partial charge in [0, 0.05) is 18.7 Å². The topological polar surface area (TPSA) is 73.9 Å². The summed E-state index contributed by atoms with van der Waals surface area (Å²) >= 11 is 0. The molecule has 1 aliphatic heterocycles. The van der Waals surface area contributed by atoms with Gasteiger partial charge >= 0.3 is 0 Å². The maximum atomic E-state index is 11.9. The van der Waals surface area contributed by atoms with Crippen LogP contribution in [-0.2, 0) is 11.2 Å². The molecule has 2 N–H and O–H groups in total. The first-order valence-electron chi connectivity index (χ1n) is 7.07. The molecule has 19 heavy (non-hydrogen) atoms. The quantitative estimate of drug-likeness (QED) is 0.823. The van der Waals surface area contributed by atoms with E-state index in [0.29, 0.717) is 12.5 Å². The van der Waals surface area contributed by atoms with Gasteiger partial charge in [0.05, 0.1) is 5.69 Å². The largest absolute Gasteiger partial charge is 0.353 e. The Bertz CT molecular complexity index is 378. The second kappa shape index (κ2) is 7.23. The summed E-state index contributed by atoms with van der Waals surface area (Å²) in [6.07, 6.45) is 7.30. The predicted molar refractivity (Wildman–Crippen MR) is 72.6 cm³/mol. The molecular formula is C13H23N5O. The summed E-state index contributed by atoms with van der Waals surface area (Å²) in [4.78, 5) is 14.2. The number of carbonyl (C=O) groups excluding carboxylic acids is 1. The number of H-pyrrole nitrogens is 1. The van der Waals surface area contributed by atoms with Gasteiger partial charge in [-0.1, -0.05) is 5.21 Å². The van der Waals surface area contributed by atoms with Crippen LogP contribution in [0, 0.1) is 0 Å². The summed E-state index contributed by atoms with van der Waals surface area (Å²) in [5, 5.41) is 13.4. The summed E-state index contributed by atoms with van der Waals surface area (Å²) in [6.45, 7) is 2.21. The minimum absolute atomic E-state index is 0.165. The van der Waals surface area contributed by atoms with Crippen molar-refractivity contribution in [2.24, 2.45) is 0 Å². The van der Waals surface area contributed by atoms with E-state index in [9.17, 15) is 4.79 Å². The summed E-state index contributed by atoms with van der Waals surface area (Å²) in [5.41, 5.74) is 0.920. The van der Waals surface area contributed by atoms with E-state index in [1.807, 2.05) is 0 Å². The minimum Gasteiger partial charge on any atom is -0.353 e. The van der Waals surface area contributed by atoms with Crippen LogP contribution in [0.3, 0.4) is 0 Å². The molecule has 0 spiro atoms. The molecule has 1 unspecified atom stereocenters. The van der Waals surface area contributed by atoms with Crippen molar-refractivity contribution < 1.29 is 4.79 Å². The van der Waals surface area contributed by atoms with Crippen molar-refractivity contribution in [3.8, 4) is 0 Å². The second-order valence-electron chi connectivity index (χ2n) is 5.32. The fourth-order valence-electron chi connectivity index (χ4n) is 2.46. The van der Waals surface area contributed by atoms with Gasteiger partial charge in [-0.15, -0.1) is 5.10 Å². The first-order chi connectivity index (χ1) is 9.24. The van der Waals surface area contributed by atoms with Crippen LogP contribution in [-0.4, -0.2) is 52.4 Å². The number of aryl methyl sites for hydroxylation is 1. The molecule has 6 heteroatoms. The van der Waals surface area contributed by atoms with Crippen LogP contribution in [0.2, 0.25) is 0 Å². The number of nitrogens with one attached hydrogen (secondary N) is 2. The molecule has 1 atom stereocenters. The molecule has 6 nitrogen and oxygen atoms in total. The first-order valence-corrected chi connectivity index (χ1v) is 7.07. The van der Waals surface area contributed by atoms with Crippen molar-refractivity contribution in [3.63, 3.8) is 0 Å². The number of aromatic nitrogens is 3. The summed E-state index contributed by atoms with van der Waals surface area (Å²) in [7, 11) is 2.14. The number of rotatable bonds is 5. The molecule has 0 saturated carbocycles. The van der Waals surface area contributed by atoms with Crippen molar-refractivity contribution in [2.45, 2.75) is 44.6 Å². The normalized spacial score (nSPS) is 21.0. The number of hydrogen-bond donors (Lipinski definition) is 2. The molecule has 1 fully saturated rings. The maximum absolute atomic E-state index is 11.9. The summed E-state index contributed by atoms with van der Waals surface area (Å²) < 4.78 is 0. The molecule has 1 amide bonds. The Morgan fingerprint density at radius 2 is 2.42 bits per heavy atom. The molecular weight excluding hydrogens is 242 g/mol. The Morgan fingerprint density at radius 3 is 3.21 bits per heavy atom. The average molecular weight is 265 g/mol. The molecule has 0 aromatic carbocycles. The van der Waals surface area contributed by atoms with E-state index in [1.54, 1.807) is 6.20 Å². The second-order valence-corrected chi connectivity index (χ2v) is 5.32. The lowest BCUT2D eigenvalue weighted by atomic mass is 10.1. The van der Waals surface area contributed by atoms with E-state index < -0.39 is 0 Å². The molecule has 2 rings (SSSR count). The van der Waals surface area contributed by atoms with Crippen molar-refractivity contribution in [1.82, 2.24) is 25.6 Å². The molecule has 1 aliphatic rings. The number of carbonyl (C=O) groups is 1.